The normalized spacial score (nSPS) is 10.5. The van der Waals surface area contributed by atoms with Gasteiger partial charge in [-0.3, -0.25) is 4.79 Å². The molecule has 0 amide bonds. The van der Waals surface area contributed by atoms with E-state index in [-0.39, 0.29) is 6.42 Å². The number of carbonyl (C=O) groups is 1. The Bertz CT molecular complexity index is 464. The zero-order valence-electron chi connectivity index (χ0n) is 8.42. The third-order valence-corrected chi connectivity index (χ3v) is 2.86. The van der Waals surface area contributed by atoms with E-state index < -0.39 is 5.97 Å². The third kappa shape index (κ3) is 2.66. The van der Waals surface area contributed by atoms with Crippen LogP contribution in [0.4, 0.5) is 0 Å². The molecular weight excluding hydrogens is 228 g/mol. The number of aryl methyl sites for hydroxylation is 1. The number of nitrogens with zero attached hydrogens (tertiary/aromatic N) is 2. The maximum Gasteiger partial charge on any atom is 0.303 e. The molecule has 0 fully saturated rings. The highest BCUT2D eigenvalue weighted by atomic mass is 32.1. The predicted molar refractivity (Wildman–Crippen MR) is 58.2 cm³/mol. The van der Waals surface area contributed by atoms with Crippen molar-refractivity contribution < 1.29 is 14.4 Å². The van der Waals surface area contributed by atoms with E-state index in [1.807, 2.05) is 17.5 Å². The largest absolute Gasteiger partial charge is 0.481 e. The van der Waals surface area contributed by atoms with Crippen molar-refractivity contribution in [3.05, 3.63) is 23.4 Å². The highest BCUT2D eigenvalue weighted by molar-refractivity contribution is 7.13. The fourth-order valence-corrected chi connectivity index (χ4v) is 1.90. The lowest BCUT2D eigenvalue weighted by Gasteiger charge is -1.90. The molecule has 84 valence electrons. The average molecular weight is 238 g/mol. The lowest BCUT2D eigenvalue weighted by atomic mass is 10.2. The summed E-state index contributed by atoms with van der Waals surface area (Å²) in [6.45, 7) is 0. The summed E-state index contributed by atoms with van der Waals surface area (Å²) < 4.78 is 5.02. The molecule has 0 unspecified atom stereocenters. The molecule has 0 radical (unpaired) electrons. The SMILES string of the molecule is O=C(O)CCCc1nc(-c2cccs2)no1. The molecule has 0 saturated heterocycles. The van der Waals surface area contributed by atoms with Crippen LogP contribution in [0.25, 0.3) is 10.7 Å². The summed E-state index contributed by atoms with van der Waals surface area (Å²) in [5.41, 5.74) is 0. The molecule has 16 heavy (non-hydrogen) atoms. The molecule has 2 aromatic rings. The number of hydrogen-bond donors (Lipinski definition) is 1. The summed E-state index contributed by atoms with van der Waals surface area (Å²) in [6.07, 6.45) is 1.14. The van der Waals surface area contributed by atoms with Crippen LogP contribution in [0.2, 0.25) is 0 Å². The highest BCUT2D eigenvalue weighted by Gasteiger charge is 2.09. The van der Waals surface area contributed by atoms with Crippen LogP contribution in [-0.4, -0.2) is 21.2 Å². The number of aliphatic carboxylic acids is 1. The van der Waals surface area contributed by atoms with E-state index in [1.54, 1.807) is 0 Å². The molecule has 2 heterocycles. The summed E-state index contributed by atoms with van der Waals surface area (Å²) in [5, 5.41) is 14.3. The van der Waals surface area contributed by atoms with E-state index in [9.17, 15) is 4.79 Å². The smallest absolute Gasteiger partial charge is 0.303 e. The molecule has 0 aliphatic rings. The van der Waals surface area contributed by atoms with Crippen LogP contribution >= 0.6 is 11.3 Å². The fraction of sp³-hybridized carbons (Fsp3) is 0.300. The molecule has 6 heteroatoms. The van der Waals surface area contributed by atoms with Gasteiger partial charge in [-0.2, -0.15) is 4.98 Å². The summed E-state index contributed by atoms with van der Waals surface area (Å²) in [4.78, 5) is 15.5. The van der Waals surface area contributed by atoms with Crippen LogP contribution in [0.5, 0.6) is 0 Å². The number of carboxylic acid groups (broad SMARTS) is 1. The number of aromatic nitrogens is 2. The number of carboxylic acids is 1. The zero-order chi connectivity index (χ0) is 11.4. The van der Waals surface area contributed by atoms with Crippen molar-refractivity contribution in [1.29, 1.82) is 0 Å². The van der Waals surface area contributed by atoms with Crippen molar-refractivity contribution in [1.82, 2.24) is 10.1 Å². The van der Waals surface area contributed by atoms with Crippen molar-refractivity contribution in [3.63, 3.8) is 0 Å². The number of hydrogen-bond acceptors (Lipinski definition) is 5. The minimum atomic E-state index is -0.807. The maximum absolute atomic E-state index is 10.3. The first kappa shape index (κ1) is 10.8. The van der Waals surface area contributed by atoms with E-state index in [0.717, 1.165) is 4.88 Å². The minimum Gasteiger partial charge on any atom is -0.481 e. The first-order valence-electron chi connectivity index (χ1n) is 4.84. The van der Waals surface area contributed by atoms with Gasteiger partial charge in [-0.25, -0.2) is 0 Å². The predicted octanol–water partition coefficient (Wildman–Crippen LogP) is 2.21. The van der Waals surface area contributed by atoms with Crippen molar-refractivity contribution >= 4 is 17.3 Å². The Hall–Kier alpha value is -1.69. The van der Waals surface area contributed by atoms with Gasteiger partial charge < -0.3 is 9.63 Å². The Morgan fingerprint density at radius 3 is 3.12 bits per heavy atom. The van der Waals surface area contributed by atoms with Crippen molar-refractivity contribution in [2.24, 2.45) is 0 Å². The van der Waals surface area contributed by atoms with Gasteiger partial charge in [-0.1, -0.05) is 11.2 Å². The second kappa shape index (κ2) is 4.89. The van der Waals surface area contributed by atoms with Crippen LogP contribution < -0.4 is 0 Å². The van der Waals surface area contributed by atoms with Crippen molar-refractivity contribution in [2.45, 2.75) is 19.3 Å². The van der Waals surface area contributed by atoms with Gasteiger partial charge in [-0.05, 0) is 17.9 Å². The summed E-state index contributed by atoms with van der Waals surface area (Å²) in [6, 6.07) is 3.83. The Labute approximate surface area is 95.7 Å². The molecule has 5 nitrogen and oxygen atoms in total. The second-order valence-corrected chi connectivity index (χ2v) is 4.18. The molecular formula is C10H10N2O3S. The molecule has 0 saturated carbocycles. The molecule has 0 bridgehead atoms. The van der Waals surface area contributed by atoms with Gasteiger partial charge in [0.05, 0.1) is 4.88 Å². The van der Waals surface area contributed by atoms with Gasteiger partial charge in [0.2, 0.25) is 11.7 Å². The van der Waals surface area contributed by atoms with E-state index in [0.29, 0.717) is 24.6 Å². The van der Waals surface area contributed by atoms with Crippen molar-refractivity contribution in [3.8, 4) is 10.7 Å². The summed E-state index contributed by atoms with van der Waals surface area (Å²) in [5.74, 6) is 0.253. The quantitative estimate of drug-likeness (QED) is 0.864. The number of thiophene rings is 1. The Morgan fingerprint density at radius 2 is 2.44 bits per heavy atom. The van der Waals surface area contributed by atoms with Crippen LogP contribution in [0, 0.1) is 0 Å². The average Bonchev–Trinajstić information content (AvgIpc) is 2.85. The summed E-state index contributed by atoms with van der Waals surface area (Å²) >= 11 is 1.54. The van der Waals surface area contributed by atoms with Gasteiger partial charge >= 0.3 is 5.97 Å². The van der Waals surface area contributed by atoms with Crippen molar-refractivity contribution in [2.75, 3.05) is 0 Å². The number of rotatable bonds is 5. The summed E-state index contributed by atoms with van der Waals surface area (Å²) in [7, 11) is 0. The lowest BCUT2D eigenvalue weighted by Crippen LogP contribution is -1.95. The minimum absolute atomic E-state index is 0.122. The first-order chi connectivity index (χ1) is 7.75. The molecule has 2 aromatic heterocycles. The van der Waals surface area contributed by atoms with Crippen LogP contribution in [0.3, 0.4) is 0 Å². The van der Waals surface area contributed by atoms with Gasteiger partial charge in [0.15, 0.2) is 0 Å². The lowest BCUT2D eigenvalue weighted by molar-refractivity contribution is -0.137. The molecule has 0 aromatic carbocycles. The Balaban J connectivity index is 1.95. The standard InChI is InChI=1S/C10H10N2O3S/c13-9(14)5-1-4-8-11-10(12-15-8)7-3-2-6-16-7/h2-3,6H,1,4-5H2,(H,13,14). The van der Waals surface area contributed by atoms with Gasteiger partial charge in [0, 0.05) is 12.8 Å². The molecule has 0 spiro atoms. The maximum atomic E-state index is 10.3. The van der Waals surface area contributed by atoms with E-state index in [4.69, 9.17) is 9.63 Å². The van der Waals surface area contributed by atoms with Gasteiger partial charge in [0.25, 0.3) is 0 Å². The molecule has 0 aliphatic heterocycles. The van der Waals surface area contributed by atoms with Gasteiger partial charge in [-0.15, -0.1) is 11.3 Å². The third-order valence-electron chi connectivity index (χ3n) is 1.99. The molecule has 1 N–H and O–H groups in total. The van der Waals surface area contributed by atoms with E-state index in [1.165, 1.54) is 11.3 Å². The molecule has 0 aliphatic carbocycles. The second-order valence-electron chi connectivity index (χ2n) is 3.24. The van der Waals surface area contributed by atoms with Crippen LogP contribution in [0.15, 0.2) is 22.0 Å². The monoisotopic (exact) mass is 238 g/mol. The molecule has 0 atom stereocenters. The fourth-order valence-electron chi connectivity index (χ4n) is 1.25. The Morgan fingerprint density at radius 1 is 1.56 bits per heavy atom. The molecule has 2 rings (SSSR count). The zero-order valence-corrected chi connectivity index (χ0v) is 9.24. The van der Waals surface area contributed by atoms with Crippen LogP contribution in [-0.2, 0) is 11.2 Å². The van der Waals surface area contributed by atoms with Gasteiger partial charge in [0.1, 0.15) is 0 Å². The highest BCUT2D eigenvalue weighted by Crippen LogP contribution is 2.21. The van der Waals surface area contributed by atoms with E-state index >= 15 is 0 Å². The van der Waals surface area contributed by atoms with Crippen LogP contribution in [0.1, 0.15) is 18.7 Å². The van der Waals surface area contributed by atoms with E-state index in [2.05, 4.69) is 10.1 Å². The topological polar surface area (TPSA) is 76.2 Å². The Kier molecular flexibility index (Phi) is 3.31. The first-order valence-corrected chi connectivity index (χ1v) is 5.72.